The van der Waals surface area contributed by atoms with Crippen LogP contribution in [0.1, 0.15) is 19.3 Å². The summed E-state index contributed by atoms with van der Waals surface area (Å²) in [6, 6.07) is 0. The molecule has 0 saturated carbocycles. The maximum absolute atomic E-state index is 4.36. The quantitative estimate of drug-likeness (QED) is 0.399. The molecule has 0 unspecified atom stereocenters. The van der Waals surface area contributed by atoms with Gasteiger partial charge in [0.2, 0.25) is 0 Å². The number of rotatable bonds is 2. The second-order valence-electron chi connectivity index (χ2n) is 5.11. The minimum absolute atomic E-state index is 0.909. The molecule has 2 nitrogen and oxygen atoms in total. The van der Waals surface area contributed by atoms with Crippen molar-refractivity contribution in [3.05, 3.63) is 4.62 Å². The standard InChI is InChI=1S/C10H21N2PSi/c1-14(2,3)10-13-11-9-12-7-5-4-6-8-12/h4-8,10H2,1-3H3. The maximum Gasteiger partial charge on any atom is 0.333 e. The van der Waals surface area contributed by atoms with E-state index in [0.29, 0.717) is 0 Å². The van der Waals surface area contributed by atoms with Crippen LogP contribution in [-0.4, -0.2) is 31.8 Å². The highest BCUT2D eigenvalue weighted by atomic mass is 31.1. The molecule has 14 heavy (non-hydrogen) atoms. The van der Waals surface area contributed by atoms with E-state index in [1.165, 1.54) is 33.8 Å². The van der Waals surface area contributed by atoms with Gasteiger partial charge in [-0.3, -0.25) is 0 Å². The number of hydrogen-bond donors (Lipinski definition) is 0. The molecular formula is C10H21N2PSi. The molecule has 0 amide bonds. The van der Waals surface area contributed by atoms with E-state index >= 15 is 0 Å². The molecule has 0 aromatic rings. The topological polar surface area (TPSA) is 7.60 Å². The first-order chi connectivity index (χ1) is 6.58. The normalized spacial score (nSPS) is 18.4. The van der Waals surface area contributed by atoms with Crippen LogP contribution in [0, 0.1) is 6.19 Å². The maximum atomic E-state index is 4.36. The van der Waals surface area contributed by atoms with Gasteiger partial charge in [0.1, 0.15) is 0 Å². The van der Waals surface area contributed by atoms with Gasteiger partial charge in [-0.25, -0.2) is 4.90 Å². The molecule has 1 saturated heterocycles. The molecule has 0 aromatic carbocycles. The zero-order valence-corrected chi connectivity index (χ0v) is 11.5. The van der Waals surface area contributed by atoms with Gasteiger partial charge in [0.25, 0.3) is 0 Å². The third-order valence-electron chi connectivity index (χ3n) is 2.16. The SMILES string of the molecule is C[Si](C)(C)C[P-][N+]#CN1CCCCC1. The Labute approximate surface area is 90.7 Å². The van der Waals surface area contributed by atoms with Crippen molar-refractivity contribution >= 4 is 16.8 Å². The molecule has 0 radical (unpaired) electrons. The van der Waals surface area contributed by atoms with E-state index in [2.05, 4.69) is 35.3 Å². The van der Waals surface area contributed by atoms with E-state index in [9.17, 15) is 0 Å². The summed E-state index contributed by atoms with van der Waals surface area (Å²) in [6.07, 6.45) is 7.17. The van der Waals surface area contributed by atoms with E-state index in [4.69, 9.17) is 0 Å². The van der Waals surface area contributed by atoms with E-state index in [-0.39, 0.29) is 0 Å². The van der Waals surface area contributed by atoms with Gasteiger partial charge in [-0.1, -0.05) is 19.6 Å². The lowest BCUT2D eigenvalue weighted by Gasteiger charge is -2.18. The van der Waals surface area contributed by atoms with Crippen LogP contribution in [0.3, 0.4) is 0 Å². The number of hydrogen-bond acceptors (Lipinski definition) is 1. The Kier molecular flexibility index (Phi) is 4.91. The van der Waals surface area contributed by atoms with Crippen molar-refractivity contribution in [1.82, 2.24) is 4.90 Å². The Balaban J connectivity index is 2.19. The van der Waals surface area contributed by atoms with Gasteiger partial charge in [0, 0.05) is 8.07 Å². The Morgan fingerprint density at radius 1 is 1.21 bits per heavy atom. The van der Waals surface area contributed by atoms with E-state index in [1.807, 2.05) is 0 Å². The largest absolute Gasteiger partial charge is 0.392 e. The minimum Gasteiger partial charge on any atom is -0.392 e. The highest BCUT2D eigenvalue weighted by Crippen LogP contribution is 2.19. The molecule has 80 valence electrons. The molecule has 0 aromatic heterocycles. The van der Waals surface area contributed by atoms with Crippen LogP contribution in [0.5, 0.6) is 0 Å². The zero-order chi connectivity index (χ0) is 10.4. The number of piperidine rings is 1. The van der Waals surface area contributed by atoms with Crippen molar-refractivity contribution < 1.29 is 0 Å². The third-order valence-corrected chi connectivity index (χ3v) is 6.75. The third kappa shape index (κ3) is 5.62. The van der Waals surface area contributed by atoms with Crippen molar-refractivity contribution in [2.24, 2.45) is 0 Å². The van der Waals surface area contributed by atoms with Crippen LogP contribution in [0.2, 0.25) is 19.6 Å². The van der Waals surface area contributed by atoms with Crippen molar-refractivity contribution in [3.63, 3.8) is 0 Å². The first-order valence-corrected chi connectivity index (χ1v) is 10.2. The predicted octanol–water partition coefficient (Wildman–Crippen LogP) is 3.50. The van der Waals surface area contributed by atoms with Crippen LogP contribution < -0.4 is 0 Å². The lowest BCUT2D eigenvalue weighted by Crippen LogP contribution is -2.24. The second kappa shape index (κ2) is 5.73. The molecule has 0 bridgehead atoms. The fourth-order valence-corrected chi connectivity index (χ4v) is 3.51. The zero-order valence-electron chi connectivity index (χ0n) is 9.58. The molecule has 1 aliphatic heterocycles. The monoisotopic (exact) mass is 228 g/mol. The number of likely N-dealkylation sites (tertiary alicyclic amines) is 1. The first-order valence-electron chi connectivity index (χ1n) is 5.45. The van der Waals surface area contributed by atoms with E-state index in [0.717, 1.165) is 13.1 Å². The smallest absolute Gasteiger partial charge is 0.333 e. The summed E-state index contributed by atoms with van der Waals surface area (Å²) in [6.45, 7) is 9.47. The second-order valence-corrected chi connectivity index (χ2v) is 12.0. The molecule has 0 N–H and O–H groups in total. The van der Waals surface area contributed by atoms with Crippen molar-refractivity contribution in [1.29, 1.82) is 0 Å². The van der Waals surface area contributed by atoms with Crippen molar-refractivity contribution in [2.75, 3.05) is 18.9 Å². The summed E-state index contributed by atoms with van der Waals surface area (Å²) in [5.41, 5.74) is 0. The Bertz CT molecular complexity index is 221. The summed E-state index contributed by atoms with van der Waals surface area (Å²) in [4.78, 5) is 2.24. The van der Waals surface area contributed by atoms with Crippen LogP contribution in [0.4, 0.5) is 0 Å². The summed E-state index contributed by atoms with van der Waals surface area (Å²) < 4.78 is 4.36. The summed E-state index contributed by atoms with van der Waals surface area (Å²) >= 11 is 0. The predicted molar refractivity (Wildman–Crippen MR) is 67.8 cm³/mol. The van der Waals surface area contributed by atoms with Gasteiger partial charge < -0.3 is 4.62 Å². The number of nitrogens with zero attached hydrogens (tertiary/aromatic N) is 2. The van der Waals surface area contributed by atoms with Crippen LogP contribution >= 0.6 is 8.73 Å². The average Bonchev–Trinajstić information content (AvgIpc) is 2.13. The highest BCUT2D eigenvalue weighted by Gasteiger charge is 2.12. The van der Waals surface area contributed by atoms with Crippen molar-refractivity contribution in [2.45, 2.75) is 38.9 Å². The molecule has 0 aliphatic carbocycles. The molecule has 0 atom stereocenters. The van der Waals surface area contributed by atoms with Gasteiger partial charge >= 0.3 is 6.19 Å². The summed E-state index contributed by atoms with van der Waals surface area (Å²) in [5.74, 6) is 1.26. The molecule has 1 fully saturated rings. The summed E-state index contributed by atoms with van der Waals surface area (Å²) in [7, 11) is 0.306. The van der Waals surface area contributed by atoms with Gasteiger partial charge in [0.05, 0.1) is 13.1 Å². The lowest BCUT2D eigenvalue weighted by atomic mass is 10.1. The van der Waals surface area contributed by atoms with E-state index < -0.39 is 8.07 Å². The molecule has 4 heteroatoms. The fraction of sp³-hybridized carbons (Fsp3) is 0.900. The highest BCUT2D eigenvalue weighted by molar-refractivity contribution is 7.44. The lowest BCUT2D eigenvalue weighted by molar-refractivity contribution is 0.326. The van der Waals surface area contributed by atoms with Gasteiger partial charge in [-0.15, -0.1) is 5.79 Å². The van der Waals surface area contributed by atoms with Crippen molar-refractivity contribution in [3.8, 4) is 6.19 Å². The fourth-order valence-electron chi connectivity index (χ4n) is 1.34. The molecule has 1 rings (SSSR count). The van der Waals surface area contributed by atoms with E-state index in [1.54, 1.807) is 0 Å². The van der Waals surface area contributed by atoms with Gasteiger partial charge in [-0.2, -0.15) is 8.73 Å². The van der Waals surface area contributed by atoms with Crippen LogP contribution in [-0.2, 0) is 0 Å². The molecule has 1 heterocycles. The molecular weight excluding hydrogens is 207 g/mol. The van der Waals surface area contributed by atoms with Gasteiger partial charge in [0.15, 0.2) is 0 Å². The Morgan fingerprint density at radius 2 is 1.86 bits per heavy atom. The summed E-state index contributed by atoms with van der Waals surface area (Å²) in [5, 5.41) is 0. The Morgan fingerprint density at radius 3 is 2.43 bits per heavy atom. The molecule has 1 aliphatic rings. The molecule has 0 spiro atoms. The van der Waals surface area contributed by atoms with Crippen LogP contribution in [0.25, 0.3) is 4.62 Å². The van der Waals surface area contributed by atoms with Crippen LogP contribution in [0.15, 0.2) is 0 Å². The Hall–Kier alpha value is -0.0631. The minimum atomic E-state index is -0.909. The van der Waals surface area contributed by atoms with Gasteiger partial charge in [-0.05, 0) is 19.3 Å². The average molecular weight is 228 g/mol. The first kappa shape index (κ1) is 12.0.